The molecule has 0 aliphatic carbocycles. The van der Waals surface area contributed by atoms with Crippen LogP contribution in [0.3, 0.4) is 0 Å². The lowest BCUT2D eigenvalue weighted by atomic mass is 10.0. The van der Waals surface area contributed by atoms with E-state index < -0.39 is 0 Å². The van der Waals surface area contributed by atoms with Crippen LogP contribution in [0.25, 0.3) is 11.1 Å². The molecule has 0 aliphatic rings. The number of nitrogens with one attached hydrogen (secondary N) is 2. The smallest absolute Gasteiger partial charge is 0.279 e. The number of carbonyl (C=O) groups excluding carboxylic acids is 1. The van der Waals surface area contributed by atoms with Gasteiger partial charge in [-0.1, -0.05) is 60.7 Å². The molecule has 26 heavy (non-hydrogen) atoms. The van der Waals surface area contributed by atoms with Crippen molar-refractivity contribution in [1.82, 2.24) is 0 Å². The summed E-state index contributed by atoms with van der Waals surface area (Å²) >= 11 is 0. The molecule has 3 nitrogen and oxygen atoms in total. The van der Waals surface area contributed by atoms with E-state index >= 15 is 0 Å². The van der Waals surface area contributed by atoms with E-state index in [2.05, 4.69) is 5.32 Å². The van der Waals surface area contributed by atoms with Gasteiger partial charge in [-0.3, -0.25) is 4.79 Å². The minimum Gasteiger partial charge on any atom is -0.326 e. The fourth-order valence-corrected chi connectivity index (χ4v) is 2.94. The number of anilines is 1. The number of para-hydroxylation sites is 1. The molecule has 0 aromatic heterocycles. The summed E-state index contributed by atoms with van der Waals surface area (Å²) in [6.07, 6.45) is 0. The third kappa shape index (κ3) is 4.77. The van der Waals surface area contributed by atoms with Gasteiger partial charge in [-0.25, -0.2) is 4.39 Å². The van der Waals surface area contributed by atoms with Crippen molar-refractivity contribution in [2.45, 2.75) is 6.54 Å². The lowest BCUT2D eigenvalue weighted by molar-refractivity contribution is -0.885. The molecule has 3 aromatic rings. The molecule has 0 radical (unpaired) electrons. The lowest BCUT2D eigenvalue weighted by Gasteiger charge is -2.15. The lowest BCUT2D eigenvalue weighted by Crippen LogP contribution is -3.08. The molecule has 0 heterocycles. The Kier molecular flexibility index (Phi) is 5.77. The van der Waals surface area contributed by atoms with E-state index in [0.717, 1.165) is 27.3 Å². The second-order valence-corrected chi connectivity index (χ2v) is 6.40. The van der Waals surface area contributed by atoms with Gasteiger partial charge in [0.05, 0.1) is 7.05 Å². The average molecular weight is 349 g/mol. The van der Waals surface area contributed by atoms with E-state index in [1.807, 2.05) is 61.6 Å². The maximum Gasteiger partial charge on any atom is 0.279 e. The topological polar surface area (TPSA) is 33.5 Å². The Morgan fingerprint density at radius 1 is 0.923 bits per heavy atom. The van der Waals surface area contributed by atoms with Gasteiger partial charge in [-0.2, -0.15) is 0 Å². The highest BCUT2D eigenvalue weighted by Crippen LogP contribution is 2.27. The van der Waals surface area contributed by atoms with Crippen molar-refractivity contribution < 1.29 is 14.1 Å². The van der Waals surface area contributed by atoms with E-state index in [9.17, 15) is 9.18 Å². The van der Waals surface area contributed by atoms with Crippen molar-refractivity contribution in [2.24, 2.45) is 0 Å². The van der Waals surface area contributed by atoms with Crippen molar-refractivity contribution in [3.63, 3.8) is 0 Å². The molecule has 0 bridgehead atoms. The number of hydrogen-bond donors (Lipinski definition) is 2. The SMILES string of the molecule is C[NH+](CC(=O)Nc1ccccc1-c1ccccc1)Cc1ccc(F)cc1. The molecule has 2 N–H and O–H groups in total. The minimum atomic E-state index is -0.248. The van der Waals surface area contributed by atoms with E-state index in [0.29, 0.717) is 13.1 Å². The van der Waals surface area contributed by atoms with Gasteiger partial charge in [0, 0.05) is 16.8 Å². The predicted molar refractivity (Wildman–Crippen MR) is 102 cm³/mol. The monoisotopic (exact) mass is 349 g/mol. The van der Waals surface area contributed by atoms with Gasteiger partial charge in [0.15, 0.2) is 6.54 Å². The molecule has 0 saturated carbocycles. The van der Waals surface area contributed by atoms with Gasteiger partial charge in [-0.05, 0) is 23.8 Å². The fourth-order valence-electron chi connectivity index (χ4n) is 2.94. The molecule has 3 rings (SSSR count). The summed E-state index contributed by atoms with van der Waals surface area (Å²) < 4.78 is 13.0. The Bertz CT molecular complexity index is 863. The minimum absolute atomic E-state index is 0.0482. The van der Waals surface area contributed by atoms with Gasteiger partial charge < -0.3 is 10.2 Å². The summed E-state index contributed by atoms with van der Waals surface area (Å²) in [6.45, 7) is 0.995. The highest BCUT2D eigenvalue weighted by Gasteiger charge is 2.13. The number of amides is 1. The zero-order valence-corrected chi connectivity index (χ0v) is 14.7. The summed E-state index contributed by atoms with van der Waals surface area (Å²) in [5.41, 5.74) is 3.87. The zero-order chi connectivity index (χ0) is 18.4. The standard InChI is InChI=1S/C22H21FN2O/c1-25(15-17-11-13-19(23)14-12-17)16-22(26)24-21-10-6-5-9-20(21)18-7-3-2-4-8-18/h2-14H,15-16H2,1H3,(H,24,26)/p+1. The van der Waals surface area contributed by atoms with Crippen LogP contribution < -0.4 is 10.2 Å². The van der Waals surface area contributed by atoms with Crippen LogP contribution >= 0.6 is 0 Å². The second kappa shape index (κ2) is 8.41. The van der Waals surface area contributed by atoms with Gasteiger partial charge >= 0.3 is 0 Å². The van der Waals surface area contributed by atoms with Crippen LogP contribution in [0.15, 0.2) is 78.9 Å². The number of benzene rings is 3. The quantitative estimate of drug-likeness (QED) is 0.704. The first-order valence-corrected chi connectivity index (χ1v) is 8.62. The Balaban J connectivity index is 1.64. The van der Waals surface area contributed by atoms with Crippen LogP contribution in [-0.4, -0.2) is 19.5 Å². The summed E-state index contributed by atoms with van der Waals surface area (Å²) in [5.74, 6) is -0.297. The number of likely N-dealkylation sites (N-methyl/N-ethyl adjacent to an activating group) is 1. The van der Waals surface area contributed by atoms with Crippen LogP contribution in [0.4, 0.5) is 10.1 Å². The molecule has 3 aromatic carbocycles. The first kappa shape index (κ1) is 17.8. The Morgan fingerprint density at radius 3 is 2.31 bits per heavy atom. The first-order valence-electron chi connectivity index (χ1n) is 8.62. The van der Waals surface area contributed by atoms with Crippen molar-refractivity contribution in [3.8, 4) is 11.1 Å². The third-order valence-corrected chi connectivity index (χ3v) is 4.17. The van der Waals surface area contributed by atoms with Gasteiger partial charge in [-0.15, -0.1) is 0 Å². The van der Waals surface area contributed by atoms with E-state index in [4.69, 9.17) is 0 Å². The number of hydrogen-bond acceptors (Lipinski definition) is 1. The molecule has 0 fully saturated rings. The summed E-state index contributed by atoms with van der Waals surface area (Å²) in [4.78, 5) is 13.5. The first-order chi connectivity index (χ1) is 12.6. The normalized spacial score (nSPS) is 11.8. The average Bonchev–Trinajstić information content (AvgIpc) is 2.64. The fraction of sp³-hybridized carbons (Fsp3) is 0.136. The summed E-state index contributed by atoms with van der Waals surface area (Å²) in [6, 6.07) is 24.2. The second-order valence-electron chi connectivity index (χ2n) is 6.40. The maximum absolute atomic E-state index is 13.0. The Morgan fingerprint density at radius 2 is 1.58 bits per heavy atom. The van der Waals surface area contributed by atoms with Crippen LogP contribution in [0, 0.1) is 5.82 Å². The molecule has 0 spiro atoms. The summed E-state index contributed by atoms with van der Waals surface area (Å²) in [5, 5.41) is 3.02. The molecule has 132 valence electrons. The van der Waals surface area contributed by atoms with E-state index in [-0.39, 0.29) is 11.7 Å². The number of quaternary nitrogens is 1. The number of rotatable bonds is 6. The van der Waals surface area contributed by atoms with Crippen LogP contribution in [0.2, 0.25) is 0 Å². The largest absolute Gasteiger partial charge is 0.326 e. The van der Waals surface area contributed by atoms with Crippen LogP contribution in [0.5, 0.6) is 0 Å². The van der Waals surface area contributed by atoms with Gasteiger partial charge in [0.2, 0.25) is 0 Å². The molecule has 1 unspecified atom stereocenters. The van der Waals surface area contributed by atoms with Crippen molar-refractivity contribution in [1.29, 1.82) is 0 Å². The maximum atomic E-state index is 13.0. The molecule has 0 saturated heterocycles. The Hall–Kier alpha value is -2.98. The Labute approximate surface area is 153 Å². The number of carbonyl (C=O) groups is 1. The highest BCUT2D eigenvalue weighted by molar-refractivity contribution is 5.96. The van der Waals surface area contributed by atoms with Crippen molar-refractivity contribution in [2.75, 3.05) is 18.9 Å². The van der Waals surface area contributed by atoms with Gasteiger partial charge in [0.25, 0.3) is 5.91 Å². The summed E-state index contributed by atoms with van der Waals surface area (Å²) in [7, 11) is 1.95. The molecule has 1 amide bonds. The highest BCUT2D eigenvalue weighted by atomic mass is 19.1. The molecule has 1 atom stereocenters. The van der Waals surface area contributed by atoms with Crippen LogP contribution in [0.1, 0.15) is 5.56 Å². The molecular weight excluding hydrogens is 327 g/mol. The van der Waals surface area contributed by atoms with E-state index in [1.165, 1.54) is 12.1 Å². The predicted octanol–water partition coefficient (Wildman–Crippen LogP) is 3.15. The van der Waals surface area contributed by atoms with Crippen molar-refractivity contribution >= 4 is 11.6 Å². The molecule has 4 heteroatoms. The third-order valence-electron chi connectivity index (χ3n) is 4.17. The number of halogens is 1. The van der Waals surface area contributed by atoms with E-state index in [1.54, 1.807) is 12.1 Å². The van der Waals surface area contributed by atoms with Crippen LogP contribution in [-0.2, 0) is 11.3 Å². The van der Waals surface area contributed by atoms with Gasteiger partial charge in [0.1, 0.15) is 12.4 Å². The van der Waals surface area contributed by atoms with Crippen molar-refractivity contribution in [3.05, 3.63) is 90.2 Å². The molecular formula is C22H22FN2O+. The zero-order valence-electron chi connectivity index (χ0n) is 14.7. The molecule has 0 aliphatic heterocycles.